The molecular weight excluding hydrogens is 242 g/mol. The highest BCUT2D eigenvalue weighted by molar-refractivity contribution is 7.92. The Hall–Kier alpha value is -1.60. The molecule has 0 bridgehead atoms. The van der Waals surface area contributed by atoms with Gasteiger partial charge in [0.2, 0.25) is 15.9 Å². The largest absolute Gasteiger partial charge is 0.368 e. The topological polar surface area (TPSA) is 115 Å². The van der Waals surface area contributed by atoms with Crippen LogP contribution in [0.1, 0.15) is 18.5 Å². The maximum atomic E-state index is 11.3. The van der Waals surface area contributed by atoms with Gasteiger partial charge in [-0.05, 0) is 24.6 Å². The van der Waals surface area contributed by atoms with Gasteiger partial charge < -0.3 is 11.5 Å². The van der Waals surface area contributed by atoms with Crippen molar-refractivity contribution in [1.29, 1.82) is 0 Å². The quantitative estimate of drug-likeness (QED) is 0.685. The normalized spacial score (nSPS) is 13.1. The van der Waals surface area contributed by atoms with Gasteiger partial charge in [0.1, 0.15) is 6.04 Å². The number of hydrogen-bond acceptors (Lipinski definition) is 4. The van der Waals surface area contributed by atoms with Gasteiger partial charge >= 0.3 is 0 Å². The van der Waals surface area contributed by atoms with Crippen molar-refractivity contribution in [3.8, 4) is 0 Å². The number of nitrogens with one attached hydrogen (secondary N) is 1. The first-order valence-corrected chi connectivity index (χ1v) is 6.66. The first-order chi connectivity index (χ1) is 7.85. The SMILES string of the molecule is CCS(=O)(=O)Nc1cccc(C(N)C(N)=O)c1. The van der Waals surface area contributed by atoms with Crippen LogP contribution in [-0.2, 0) is 14.8 Å². The van der Waals surface area contributed by atoms with Gasteiger partial charge in [-0.3, -0.25) is 9.52 Å². The monoisotopic (exact) mass is 257 g/mol. The van der Waals surface area contributed by atoms with E-state index >= 15 is 0 Å². The molecule has 0 aliphatic heterocycles. The highest BCUT2D eigenvalue weighted by atomic mass is 32.2. The summed E-state index contributed by atoms with van der Waals surface area (Å²) >= 11 is 0. The zero-order valence-electron chi connectivity index (χ0n) is 9.38. The van der Waals surface area contributed by atoms with Crippen LogP contribution < -0.4 is 16.2 Å². The highest BCUT2D eigenvalue weighted by Crippen LogP contribution is 2.16. The van der Waals surface area contributed by atoms with Crippen LogP contribution in [0.5, 0.6) is 0 Å². The fourth-order valence-electron chi connectivity index (χ4n) is 1.21. The molecule has 0 fully saturated rings. The van der Waals surface area contributed by atoms with Crippen molar-refractivity contribution in [2.24, 2.45) is 11.5 Å². The summed E-state index contributed by atoms with van der Waals surface area (Å²) in [5.74, 6) is -0.695. The summed E-state index contributed by atoms with van der Waals surface area (Å²) < 4.78 is 25.1. The molecule has 0 aliphatic carbocycles. The molecule has 1 aromatic rings. The third kappa shape index (κ3) is 3.72. The number of anilines is 1. The smallest absolute Gasteiger partial charge is 0.238 e. The van der Waals surface area contributed by atoms with E-state index in [0.717, 1.165) is 0 Å². The van der Waals surface area contributed by atoms with E-state index in [0.29, 0.717) is 11.3 Å². The third-order valence-electron chi connectivity index (χ3n) is 2.21. The molecule has 0 aliphatic rings. The fourth-order valence-corrected chi connectivity index (χ4v) is 1.84. The number of amides is 1. The second-order valence-electron chi connectivity index (χ2n) is 3.51. The molecule has 5 N–H and O–H groups in total. The maximum Gasteiger partial charge on any atom is 0.238 e. The van der Waals surface area contributed by atoms with E-state index < -0.39 is 22.0 Å². The Morgan fingerprint density at radius 3 is 2.65 bits per heavy atom. The molecule has 1 amide bonds. The summed E-state index contributed by atoms with van der Waals surface area (Å²) in [7, 11) is -3.34. The van der Waals surface area contributed by atoms with Crippen LogP contribution in [0.2, 0.25) is 0 Å². The molecule has 0 radical (unpaired) electrons. The van der Waals surface area contributed by atoms with E-state index in [1.54, 1.807) is 18.2 Å². The molecule has 1 unspecified atom stereocenters. The molecule has 1 atom stereocenters. The van der Waals surface area contributed by atoms with Crippen LogP contribution >= 0.6 is 0 Å². The number of nitrogens with two attached hydrogens (primary N) is 2. The van der Waals surface area contributed by atoms with E-state index in [1.165, 1.54) is 13.0 Å². The maximum absolute atomic E-state index is 11.3. The van der Waals surface area contributed by atoms with Crippen LogP contribution in [0, 0.1) is 0 Å². The summed E-state index contributed by atoms with van der Waals surface area (Å²) in [5, 5.41) is 0. The third-order valence-corrected chi connectivity index (χ3v) is 3.51. The molecule has 17 heavy (non-hydrogen) atoms. The minimum Gasteiger partial charge on any atom is -0.368 e. The Morgan fingerprint density at radius 2 is 2.12 bits per heavy atom. The summed E-state index contributed by atoms with van der Waals surface area (Å²) in [6.45, 7) is 1.53. The Kier molecular flexibility index (Phi) is 4.08. The van der Waals surface area contributed by atoms with Crippen molar-refractivity contribution in [1.82, 2.24) is 0 Å². The van der Waals surface area contributed by atoms with Crippen molar-refractivity contribution in [2.75, 3.05) is 10.5 Å². The van der Waals surface area contributed by atoms with Gasteiger partial charge in [0, 0.05) is 5.69 Å². The zero-order valence-corrected chi connectivity index (χ0v) is 10.2. The molecule has 7 heteroatoms. The summed E-state index contributed by atoms with van der Waals surface area (Å²) in [4.78, 5) is 10.9. The number of carbonyl (C=O) groups is 1. The lowest BCUT2D eigenvalue weighted by Crippen LogP contribution is -2.28. The number of rotatable bonds is 5. The van der Waals surface area contributed by atoms with E-state index in [1.807, 2.05) is 0 Å². The van der Waals surface area contributed by atoms with Gasteiger partial charge in [0.15, 0.2) is 0 Å². The van der Waals surface area contributed by atoms with Crippen LogP contribution in [0.3, 0.4) is 0 Å². The van der Waals surface area contributed by atoms with E-state index in [-0.39, 0.29) is 5.75 Å². The second kappa shape index (κ2) is 5.15. The first-order valence-electron chi connectivity index (χ1n) is 5.01. The first kappa shape index (κ1) is 13.5. The minimum atomic E-state index is -3.34. The van der Waals surface area contributed by atoms with E-state index in [4.69, 9.17) is 11.5 Å². The van der Waals surface area contributed by atoms with Gasteiger partial charge in [0.25, 0.3) is 0 Å². The number of sulfonamides is 1. The average Bonchev–Trinajstić information content (AvgIpc) is 2.27. The molecule has 1 aromatic carbocycles. The average molecular weight is 257 g/mol. The summed E-state index contributed by atoms with van der Waals surface area (Å²) in [6.07, 6.45) is 0. The standard InChI is InChI=1S/C10H15N3O3S/c1-2-17(15,16)13-8-5-3-4-7(6-8)9(11)10(12)14/h3-6,9,13H,2,11H2,1H3,(H2,12,14). The minimum absolute atomic E-state index is 0.0287. The Bertz CT molecular complexity index is 513. The predicted octanol–water partition coefficient (Wildman–Crippen LogP) is -0.0667. The van der Waals surface area contributed by atoms with Crippen molar-refractivity contribution in [2.45, 2.75) is 13.0 Å². The van der Waals surface area contributed by atoms with Crippen molar-refractivity contribution < 1.29 is 13.2 Å². The molecule has 0 aromatic heterocycles. The van der Waals surface area contributed by atoms with Gasteiger partial charge in [-0.25, -0.2) is 8.42 Å². The van der Waals surface area contributed by atoms with Gasteiger partial charge in [-0.1, -0.05) is 12.1 Å². The predicted molar refractivity (Wildman–Crippen MR) is 65.6 cm³/mol. The van der Waals surface area contributed by atoms with E-state index in [9.17, 15) is 13.2 Å². The summed E-state index contributed by atoms with van der Waals surface area (Å²) in [5.41, 5.74) is 11.4. The molecule has 94 valence electrons. The van der Waals surface area contributed by atoms with Crippen LogP contribution in [0.4, 0.5) is 5.69 Å². The summed E-state index contributed by atoms with van der Waals surface area (Å²) in [6, 6.07) is 5.33. The zero-order chi connectivity index (χ0) is 13.1. The lowest BCUT2D eigenvalue weighted by atomic mass is 10.1. The highest BCUT2D eigenvalue weighted by Gasteiger charge is 2.13. The molecule has 0 saturated carbocycles. The van der Waals surface area contributed by atoms with Crippen molar-refractivity contribution in [3.63, 3.8) is 0 Å². The lowest BCUT2D eigenvalue weighted by molar-refractivity contribution is -0.119. The fraction of sp³-hybridized carbons (Fsp3) is 0.300. The molecule has 0 saturated heterocycles. The van der Waals surface area contributed by atoms with Gasteiger partial charge in [-0.15, -0.1) is 0 Å². The van der Waals surface area contributed by atoms with Crippen LogP contribution in [-0.4, -0.2) is 20.1 Å². The molecule has 1 rings (SSSR count). The molecular formula is C10H15N3O3S. The molecule has 0 heterocycles. The number of primary amides is 1. The van der Waals surface area contributed by atoms with Crippen LogP contribution in [0.15, 0.2) is 24.3 Å². The number of hydrogen-bond donors (Lipinski definition) is 3. The van der Waals surface area contributed by atoms with Crippen molar-refractivity contribution in [3.05, 3.63) is 29.8 Å². The molecule has 0 spiro atoms. The number of benzene rings is 1. The molecule has 6 nitrogen and oxygen atoms in total. The second-order valence-corrected chi connectivity index (χ2v) is 5.52. The van der Waals surface area contributed by atoms with E-state index in [2.05, 4.69) is 4.72 Å². The van der Waals surface area contributed by atoms with Gasteiger partial charge in [0.05, 0.1) is 5.75 Å². The van der Waals surface area contributed by atoms with Gasteiger partial charge in [-0.2, -0.15) is 0 Å². The Morgan fingerprint density at radius 1 is 1.47 bits per heavy atom. The number of carbonyl (C=O) groups excluding carboxylic acids is 1. The van der Waals surface area contributed by atoms with Crippen molar-refractivity contribution >= 4 is 21.6 Å². The Balaban J connectivity index is 2.98. The Labute approximate surface area is 100 Å². The van der Waals surface area contributed by atoms with Crippen LogP contribution in [0.25, 0.3) is 0 Å². The lowest BCUT2D eigenvalue weighted by Gasteiger charge is -2.11.